The van der Waals surface area contributed by atoms with Crippen molar-refractivity contribution in [3.05, 3.63) is 60.0 Å². The Morgan fingerprint density at radius 1 is 1.17 bits per heavy atom. The Morgan fingerprint density at radius 2 is 2.00 bits per heavy atom. The van der Waals surface area contributed by atoms with Gasteiger partial charge in [0.1, 0.15) is 0 Å². The van der Waals surface area contributed by atoms with Crippen molar-refractivity contribution < 1.29 is 14.3 Å². The van der Waals surface area contributed by atoms with Crippen LogP contribution in [0.1, 0.15) is 34.2 Å². The van der Waals surface area contributed by atoms with E-state index in [1.165, 1.54) is 16.9 Å². The van der Waals surface area contributed by atoms with Crippen molar-refractivity contribution in [2.24, 2.45) is 5.92 Å². The van der Waals surface area contributed by atoms with Gasteiger partial charge in [0.2, 0.25) is 0 Å². The summed E-state index contributed by atoms with van der Waals surface area (Å²) < 4.78 is 7.25. The summed E-state index contributed by atoms with van der Waals surface area (Å²) in [4.78, 5) is 32.6. The maximum Gasteiger partial charge on any atom is 0.271 e. The van der Waals surface area contributed by atoms with E-state index >= 15 is 0 Å². The molecule has 0 spiro atoms. The van der Waals surface area contributed by atoms with E-state index in [1.807, 2.05) is 24.3 Å². The van der Waals surface area contributed by atoms with Gasteiger partial charge in [0, 0.05) is 36.5 Å². The maximum absolute atomic E-state index is 12.8. The standard InChI is InChI=1S/C25H25N7O3/c1-14-9-19(14)30-25(34)21-12-28-24-20(26-2)10-22(31-32(21)24)29-18-6-4-5-16(23(18)35-3)17-8-7-15(13-33)11-27-17/h4-8,10-14,19,26H,9H2,1-3H3,(H,29,31)(H,30,34). The monoisotopic (exact) mass is 471 g/mol. The lowest BCUT2D eigenvalue weighted by atomic mass is 10.1. The number of hydrogen-bond donors (Lipinski definition) is 3. The molecule has 178 valence electrons. The highest BCUT2D eigenvalue weighted by molar-refractivity contribution is 5.94. The summed E-state index contributed by atoms with van der Waals surface area (Å²) in [6.07, 6.45) is 4.78. The predicted molar refractivity (Wildman–Crippen MR) is 132 cm³/mol. The molecule has 1 aliphatic rings. The van der Waals surface area contributed by atoms with Crippen molar-refractivity contribution in [1.82, 2.24) is 24.9 Å². The molecule has 10 heteroatoms. The fourth-order valence-corrected chi connectivity index (χ4v) is 3.96. The number of carbonyl (C=O) groups excluding carboxylic acids is 2. The molecule has 1 fully saturated rings. The molecular formula is C25H25N7O3. The molecule has 0 saturated heterocycles. The highest BCUT2D eigenvalue weighted by atomic mass is 16.5. The Balaban J connectivity index is 1.51. The molecule has 4 aromatic rings. The van der Waals surface area contributed by atoms with Crippen molar-refractivity contribution in [1.29, 1.82) is 0 Å². The molecule has 0 aliphatic heterocycles. The van der Waals surface area contributed by atoms with Gasteiger partial charge in [0.05, 0.1) is 30.4 Å². The average Bonchev–Trinajstić information content (AvgIpc) is 3.40. The molecule has 1 aromatic carbocycles. The fraction of sp³-hybridized carbons (Fsp3) is 0.240. The van der Waals surface area contributed by atoms with Crippen LogP contribution in [0, 0.1) is 5.92 Å². The number of nitrogens with zero attached hydrogens (tertiary/aromatic N) is 4. The SMILES string of the molecule is CNc1cc(Nc2cccc(-c3ccc(C=O)cn3)c2OC)nn2c(C(=O)NC3CC3C)cnc12. The zero-order valence-electron chi connectivity index (χ0n) is 19.6. The molecule has 1 saturated carbocycles. The van der Waals surface area contributed by atoms with E-state index in [0.29, 0.717) is 51.5 Å². The second-order valence-electron chi connectivity index (χ2n) is 8.47. The summed E-state index contributed by atoms with van der Waals surface area (Å²) in [6.45, 7) is 2.10. The lowest BCUT2D eigenvalue weighted by molar-refractivity contribution is 0.0942. The summed E-state index contributed by atoms with van der Waals surface area (Å²) in [7, 11) is 3.37. The number of ether oxygens (including phenoxy) is 1. The van der Waals surface area contributed by atoms with Gasteiger partial charge in [0.25, 0.3) is 5.91 Å². The Hall–Kier alpha value is -4.47. The number of aromatic nitrogens is 4. The quantitative estimate of drug-likeness (QED) is 0.334. The molecule has 3 aromatic heterocycles. The van der Waals surface area contributed by atoms with Crippen LogP contribution in [-0.4, -0.2) is 52.0 Å². The first kappa shape index (κ1) is 22.3. The van der Waals surface area contributed by atoms with Crippen LogP contribution < -0.4 is 20.7 Å². The van der Waals surface area contributed by atoms with E-state index in [1.54, 1.807) is 26.3 Å². The maximum atomic E-state index is 12.8. The second kappa shape index (κ2) is 9.05. The number of rotatable bonds is 8. The smallest absolute Gasteiger partial charge is 0.271 e. The summed E-state index contributed by atoms with van der Waals surface area (Å²) in [6, 6.07) is 11.1. The highest BCUT2D eigenvalue weighted by Gasteiger charge is 2.34. The molecule has 1 amide bonds. The van der Waals surface area contributed by atoms with Gasteiger partial charge in [-0.1, -0.05) is 13.0 Å². The van der Waals surface area contributed by atoms with E-state index in [9.17, 15) is 9.59 Å². The van der Waals surface area contributed by atoms with E-state index < -0.39 is 0 Å². The molecule has 2 unspecified atom stereocenters. The third-order valence-corrected chi connectivity index (χ3v) is 6.08. The Bertz CT molecular complexity index is 1410. The zero-order chi connectivity index (χ0) is 24.5. The molecular weight excluding hydrogens is 446 g/mol. The predicted octanol–water partition coefficient (Wildman–Crippen LogP) is 3.54. The summed E-state index contributed by atoms with van der Waals surface area (Å²) >= 11 is 0. The second-order valence-corrected chi connectivity index (χ2v) is 8.47. The minimum atomic E-state index is -0.206. The number of imidazole rings is 1. The molecule has 3 heterocycles. The third-order valence-electron chi connectivity index (χ3n) is 6.08. The lowest BCUT2D eigenvalue weighted by Gasteiger charge is -2.15. The third kappa shape index (κ3) is 4.25. The normalized spacial score (nSPS) is 16.5. The van der Waals surface area contributed by atoms with Crippen molar-refractivity contribution in [2.45, 2.75) is 19.4 Å². The van der Waals surface area contributed by atoms with Gasteiger partial charge < -0.3 is 20.7 Å². The van der Waals surface area contributed by atoms with Crippen LogP contribution in [0.25, 0.3) is 16.9 Å². The number of benzene rings is 1. The van der Waals surface area contributed by atoms with Crippen LogP contribution >= 0.6 is 0 Å². The number of pyridine rings is 1. The van der Waals surface area contributed by atoms with Gasteiger partial charge in [-0.15, -0.1) is 5.10 Å². The molecule has 3 N–H and O–H groups in total. The minimum Gasteiger partial charge on any atom is -0.494 e. The number of amides is 1. The molecule has 0 radical (unpaired) electrons. The Kier molecular flexibility index (Phi) is 5.77. The van der Waals surface area contributed by atoms with Gasteiger partial charge in [0.15, 0.2) is 29.2 Å². The fourth-order valence-electron chi connectivity index (χ4n) is 3.96. The molecule has 5 rings (SSSR count). The van der Waals surface area contributed by atoms with E-state index in [-0.39, 0.29) is 11.9 Å². The van der Waals surface area contributed by atoms with Crippen LogP contribution in [0.3, 0.4) is 0 Å². The molecule has 10 nitrogen and oxygen atoms in total. The Morgan fingerprint density at radius 3 is 2.66 bits per heavy atom. The van der Waals surface area contributed by atoms with E-state index in [0.717, 1.165) is 18.3 Å². The van der Waals surface area contributed by atoms with Crippen LogP contribution in [0.2, 0.25) is 0 Å². The van der Waals surface area contributed by atoms with Gasteiger partial charge >= 0.3 is 0 Å². The molecule has 35 heavy (non-hydrogen) atoms. The number of aldehydes is 1. The summed E-state index contributed by atoms with van der Waals surface area (Å²) in [5, 5.41) is 14.1. The first-order valence-corrected chi connectivity index (χ1v) is 11.3. The number of carbonyl (C=O) groups is 2. The van der Waals surface area contributed by atoms with Crippen LogP contribution in [-0.2, 0) is 0 Å². The number of para-hydroxylation sites is 1. The van der Waals surface area contributed by atoms with Gasteiger partial charge in [-0.2, -0.15) is 0 Å². The van der Waals surface area contributed by atoms with Gasteiger partial charge in [-0.05, 0) is 36.6 Å². The van der Waals surface area contributed by atoms with Crippen molar-refractivity contribution >= 4 is 35.0 Å². The van der Waals surface area contributed by atoms with Crippen molar-refractivity contribution in [2.75, 3.05) is 24.8 Å². The summed E-state index contributed by atoms with van der Waals surface area (Å²) in [5.74, 6) is 1.34. The number of nitrogens with one attached hydrogen (secondary N) is 3. The highest BCUT2D eigenvalue weighted by Crippen LogP contribution is 2.37. The lowest BCUT2D eigenvalue weighted by Crippen LogP contribution is -2.28. The molecule has 1 aliphatic carbocycles. The average molecular weight is 472 g/mol. The number of anilines is 3. The van der Waals surface area contributed by atoms with Crippen molar-refractivity contribution in [3.63, 3.8) is 0 Å². The van der Waals surface area contributed by atoms with E-state index in [2.05, 4.69) is 37.9 Å². The number of fused-ring (bicyclic) bond motifs is 1. The first-order chi connectivity index (χ1) is 17.0. The van der Waals surface area contributed by atoms with Crippen molar-refractivity contribution in [3.8, 4) is 17.0 Å². The van der Waals surface area contributed by atoms with Gasteiger partial charge in [-0.25, -0.2) is 9.50 Å². The van der Waals surface area contributed by atoms with Crippen LogP contribution in [0.15, 0.2) is 48.8 Å². The minimum absolute atomic E-state index is 0.194. The Labute approximate surface area is 201 Å². The first-order valence-electron chi connectivity index (χ1n) is 11.3. The number of methoxy groups -OCH3 is 1. The van der Waals surface area contributed by atoms with Gasteiger partial charge in [-0.3, -0.25) is 14.6 Å². The topological polar surface area (TPSA) is 123 Å². The van der Waals surface area contributed by atoms with Crippen LogP contribution in [0.4, 0.5) is 17.2 Å². The number of hydrogen-bond acceptors (Lipinski definition) is 8. The molecule has 0 bridgehead atoms. The van der Waals surface area contributed by atoms with E-state index in [4.69, 9.17) is 4.74 Å². The summed E-state index contributed by atoms with van der Waals surface area (Å²) in [5.41, 5.74) is 4.20. The van der Waals surface area contributed by atoms with Crippen LogP contribution in [0.5, 0.6) is 5.75 Å². The largest absolute Gasteiger partial charge is 0.494 e. The zero-order valence-corrected chi connectivity index (χ0v) is 19.6. The molecule has 2 atom stereocenters.